The largest absolute Gasteiger partial charge is 0.365 e. The van der Waals surface area contributed by atoms with Crippen LogP contribution in [0.1, 0.15) is 10.4 Å². The summed E-state index contributed by atoms with van der Waals surface area (Å²) in [6.45, 7) is 1.61. The molecule has 3 rings (SSSR count). The van der Waals surface area contributed by atoms with Crippen LogP contribution in [0.2, 0.25) is 0 Å². The summed E-state index contributed by atoms with van der Waals surface area (Å²) in [6.07, 6.45) is 2.73. The maximum absolute atomic E-state index is 4.47. The van der Waals surface area contributed by atoms with E-state index in [-0.39, 0.29) is 0 Å². The van der Waals surface area contributed by atoms with E-state index in [2.05, 4.69) is 62.4 Å². The van der Waals surface area contributed by atoms with Crippen molar-refractivity contribution in [2.75, 3.05) is 17.2 Å². The Hall–Kier alpha value is -2.40. The van der Waals surface area contributed by atoms with Crippen molar-refractivity contribution in [3.8, 4) is 0 Å². The number of nitrogens with zero attached hydrogens (tertiary/aromatic N) is 2. The zero-order valence-electron chi connectivity index (χ0n) is 12.2. The van der Waals surface area contributed by atoms with E-state index in [4.69, 9.17) is 0 Å². The van der Waals surface area contributed by atoms with Crippen molar-refractivity contribution in [2.24, 2.45) is 0 Å². The molecule has 112 valence electrons. The van der Waals surface area contributed by atoms with E-state index in [9.17, 15) is 0 Å². The highest BCUT2D eigenvalue weighted by atomic mass is 32.1. The van der Waals surface area contributed by atoms with Gasteiger partial charge >= 0.3 is 0 Å². The van der Waals surface area contributed by atoms with Crippen molar-refractivity contribution >= 4 is 23.1 Å². The van der Waals surface area contributed by atoms with Crippen molar-refractivity contribution in [3.63, 3.8) is 0 Å². The molecule has 1 aromatic carbocycles. The van der Waals surface area contributed by atoms with Crippen molar-refractivity contribution in [2.45, 2.75) is 13.0 Å². The highest BCUT2D eigenvalue weighted by Crippen LogP contribution is 2.12. The van der Waals surface area contributed by atoms with Gasteiger partial charge in [0.2, 0.25) is 5.95 Å². The smallest absolute Gasteiger partial charge is 0.224 e. The molecular weight excluding hydrogens is 292 g/mol. The summed E-state index contributed by atoms with van der Waals surface area (Å²) >= 11 is 1.74. The summed E-state index contributed by atoms with van der Waals surface area (Å²) in [5.74, 6) is 1.50. The lowest BCUT2D eigenvalue weighted by molar-refractivity contribution is 0.980. The van der Waals surface area contributed by atoms with Crippen molar-refractivity contribution in [3.05, 3.63) is 70.5 Å². The molecule has 22 heavy (non-hydrogen) atoms. The number of anilines is 2. The number of hydrogen-bond acceptors (Lipinski definition) is 5. The van der Waals surface area contributed by atoms with Crippen LogP contribution in [0.5, 0.6) is 0 Å². The van der Waals surface area contributed by atoms with Crippen molar-refractivity contribution in [1.29, 1.82) is 0 Å². The lowest BCUT2D eigenvalue weighted by Gasteiger charge is -2.08. The number of nitrogens with one attached hydrogen (secondary N) is 2. The third-order valence-electron chi connectivity index (χ3n) is 3.22. The first kappa shape index (κ1) is 14.5. The third kappa shape index (κ3) is 4.30. The first-order valence-electron chi connectivity index (χ1n) is 7.27. The fourth-order valence-corrected chi connectivity index (χ4v) is 2.74. The molecule has 0 aliphatic heterocycles. The summed E-state index contributed by atoms with van der Waals surface area (Å²) in [7, 11) is 0. The number of hydrogen-bond donors (Lipinski definition) is 2. The average Bonchev–Trinajstić information content (AvgIpc) is 3.08. The summed E-state index contributed by atoms with van der Waals surface area (Å²) in [6, 6.07) is 16.4. The molecule has 0 bridgehead atoms. The maximum Gasteiger partial charge on any atom is 0.224 e. The number of thiophene rings is 1. The molecule has 0 radical (unpaired) electrons. The Kier molecular flexibility index (Phi) is 5.00. The molecule has 0 fully saturated rings. The molecule has 0 aliphatic rings. The second-order valence-electron chi connectivity index (χ2n) is 4.86. The van der Waals surface area contributed by atoms with E-state index in [1.54, 1.807) is 17.5 Å². The Morgan fingerprint density at radius 1 is 0.955 bits per heavy atom. The molecule has 0 spiro atoms. The molecule has 0 amide bonds. The number of aromatic nitrogens is 2. The predicted molar refractivity (Wildman–Crippen MR) is 92.3 cm³/mol. The van der Waals surface area contributed by atoms with Crippen LogP contribution in [0.25, 0.3) is 0 Å². The van der Waals surface area contributed by atoms with E-state index >= 15 is 0 Å². The van der Waals surface area contributed by atoms with Crippen LogP contribution in [0.15, 0.2) is 60.1 Å². The molecule has 0 atom stereocenters. The van der Waals surface area contributed by atoms with Gasteiger partial charge in [-0.25, -0.2) is 4.98 Å². The van der Waals surface area contributed by atoms with Gasteiger partial charge in [-0.15, -0.1) is 11.3 Å². The van der Waals surface area contributed by atoms with E-state index in [0.717, 1.165) is 25.3 Å². The molecule has 0 unspecified atom stereocenters. The Morgan fingerprint density at radius 3 is 2.68 bits per heavy atom. The van der Waals surface area contributed by atoms with Crippen LogP contribution >= 0.6 is 11.3 Å². The van der Waals surface area contributed by atoms with Gasteiger partial charge in [0.05, 0.1) is 6.54 Å². The fraction of sp³-hybridized carbons (Fsp3) is 0.176. The van der Waals surface area contributed by atoms with Crippen LogP contribution in [0.4, 0.5) is 11.8 Å². The minimum atomic E-state index is 0.659. The summed E-state index contributed by atoms with van der Waals surface area (Å²) in [5, 5.41) is 8.66. The highest BCUT2D eigenvalue weighted by molar-refractivity contribution is 7.09. The molecular formula is C17H18N4S. The van der Waals surface area contributed by atoms with Gasteiger partial charge in [0.15, 0.2) is 0 Å². The Bertz CT molecular complexity index is 683. The van der Waals surface area contributed by atoms with Gasteiger partial charge in [0.1, 0.15) is 5.82 Å². The van der Waals surface area contributed by atoms with Gasteiger partial charge in [-0.1, -0.05) is 36.4 Å². The number of rotatable bonds is 7. The van der Waals surface area contributed by atoms with Gasteiger partial charge in [-0.2, -0.15) is 4.98 Å². The van der Waals surface area contributed by atoms with Gasteiger partial charge in [-0.05, 0) is 29.5 Å². The Balaban J connectivity index is 1.50. The Labute approximate surface area is 134 Å². The fourth-order valence-electron chi connectivity index (χ4n) is 2.10. The van der Waals surface area contributed by atoms with Crippen LogP contribution < -0.4 is 10.6 Å². The summed E-state index contributed by atoms with van der Waals surface area (Å²) < 4.78 is 0. The van der Waals surface area contributed by atoms with E-state index in [0.29, 0.717) is 5.95 Å². The lowest BCUT2D eigenvalue weighted by Crippen LogP contribution is -2.09. The summed E-state index contributed by atoms with van der Waals surface area (Å²) in [5.41, 5.74) is 1.31. The molecule has 2 N–H and O–H groups in total. The summed E-state index contributed by atoms with van der Waals surface area (Å²) in [4.78, 5) is 10.0. The third-order valence-corrected chi connectivity index (χ3v) is 4.10. The zero-order valence-corrected chi connectivity index (χ0v) is 13.0. The van der Waals surface area contributed by atoms with Gasteiger partial charge < -0.3 is 10.6 Å². The molecule has 0 aliphatic carbocycles. The topological polar surface area (TPSA) is 49.8 Å². The molecule has 0 saturated heterocycles. The van der Waals surface area contributed by atoms with E-state index < -0.39 is 0 Å². The maximum atomic E-state index is 4.47. The van der Waals surface area contributed by atoms with Gasteiger partial charge in [0.25, 0.3) is 0 Å². The van der Waals surface area contributed by atoms with Gasteiger partial charge in [-0.3, -0.25) is 0 Å². The van der Waals surface area contributed by atoms with Crippen LogP contribution in [-0.4, -0.2) is 16.5 Å². The predicted octanol–water partition coefficient (Wildman–Crippen LogP) is 3.80. The molecule has 3 aromatic rings. The normalized spacial score (nSPS) is 10.4. The first-order chi connectivity index (χ1) is 10.9. The Morgan fingerprint density at radius 2 is 1.86 bits per heavy atom. The number of benzene rings is 1. The second-order valence-corrected chi connectivity index (χ2v) is 5.89. The second kappa shape index (κ2) is 7.56. The zero-order chi connectivity index (χ0) is 15.0. The van der Waals surface area contributed by atoms with E-state index in [1.165, 1.54) is 10.4 Å². The van der Waals surface area contributed by atoms with Crippen LogP contribution in [-0.2, 0) is 13.0 Å². The first-order valence-corrected chi connectivity index (χ1v) is 8.15. The molecule has 2 heterocycles. The monoisotopic (exact) mass is 310 g/mol. The van der Waals surface area contributed by atoms with Crippen LogP contribution in [0.3, 0.4) is 0 Å². The van der Waals surface area contributed by atoms with Crippen LogP contribution in [0, 0.1) is 0 Å². The SMILES string of the molecule is c1ccc(CCNc2nccc(NCc3cccs3)n2)cc1. The quantitative estimate of drug-likeness (QED) is 0.697. The lowest BCUT2D eigenvalue weighted by atomic mass is 10.1. The molecule has 5 heteroatoms. The highest BCUT2D eigenvalue weighted by Gasteiger charge is 2.00. The van der Waals surface area contributed by atoms with E-state index in [1.807, 2.05) is 12.1 Å². The average molecular weight is 310 g/mol. The van der Waals surface area contributed by atoms with Crippen molar-refractivity contribution < 1.29 is 0 Å². The standard InChI is InChI=1S/C17H18N4S/c1-2-5-14(6-3-1)8-10-18-17-19-11-9-16(21-17)20-13-15-7-4-12-22-15/h1-7,9,11-12H,8,10,13H2,(H2,18,19,20,21). The van der Waals surface area contributed by atoms with Gasteiger partial charge in [0, 0.05) is 17.6 Å². The molecule has 2 aromatic heterocycles. The molecule has 4 nitrogen and oxygen atoms in total. The van der Waals surface area contributed by atoms with Crippen molar-refractivity contribution in [1.82, 2.24) is 9.97 Å². The minimum absolute atomic E-state index is 0.659. The minimum Gasteiger partial charge on any atom is -0.365 e. The molecule has 0 saturated carbocycles.